The van der Waals surface area contributed by atoms with Crippen LogP contribution in [-0.2, 0) is 0 Å². The minimum atomic E-state index is 0.00746. The lowest BCUT2D eigenvalue weighted by Crippen LogP contribution is -2.03. The lowest BCUT2D eigenvalue weighted by molar-refractivity contribution is 0.0970. The van der Waals surface area contributed by atoms with E-state index in [0.717, 1.165) is 0 Å². The minimum Gasteiger partial charge on any atom is -0.490 e. The Morgan fingerprint density at radius 1 is 1.17 bits per heavy atom. The molecule has 0 aliphatic heterocycles. The van der Waals surface area contributed by atoms with Gasteiger partial charge in [-0.2, -0.15) is 0 Å². The van der Waals surface area contributed by atoms with Gasteiger partial charge < -0.3 is 14.6 Å². The fraction of sp³-hybridized carbons (Fsp3) is 0.500. The van der Waals surface area contributed by atoms with Crippen molar-refractivity contribution in [2.75, 3.05) is 19.8 Å². The maximum atomic E-state index is 11.8. The number of carbonyl (C=O) groups excluding carboxylic acids is 1. The molecule has 0 spiro atoms. The molecule has 4 nitrogen and oxygen atoms in total. The predicted molar refractivity (Wildman–Crippen MR) is 69.4 cm³/mol. The molecule has 0 bridgehead atoms. The van der Waals surface area contributed by atoms with Crippen LogP contribution in [0.2, 0.25) is 0 Å². The number of benzene rings is 1. The second-order valence-electron chi connectivity index (χ2n) is 3.78. The number of hydrogen-bond donors (Lipinski definition) is 1. The van der Waals surface area contributed by atoms with Gasteiger partial charge in [-0.25, -0.2) is 0 Å². The maximum absolute atomic E-state index is 11.8. The number of hydrogen-bond acceptors (Lipinski definition) is 4. The molecular formula is C14H20O4. The van der Waals surface area contributed by atoms with E-state index in [-0.39, 0.29) is 12.4 Å². The molecule has 0 saturated heterocycles. The quantitative estimate of drug-likeness (QED) is 0.722. The molecule has 0 aromatic heterocycles. The van der Waals surface area contributed by atoms with Crippen molar-refractivity contribution < 1.29 is 19.4 Å². The maximum Gasteiger partial charge on any atom is 0.163 e. The van der Waals surface area contributed by atoms with Gasteiger partial charge in [-0.1, -0.05) is 0 Å². The summed E-state index contributed by atoms with van der Waals surface area (Å²) in [5.74, 6) is 1.25. The van der Waals surface area contributed by atoms with E-state index in [2.05, 4.69) is 0 Å². The zero-order chi connectivity index (χ0) is 13.4. The van der Waals surface area contributed by atoms with E-state index in [1.54, 1.807) is 18.2 Å². The monoisotopic (exact) mass is 252 g/mol. The summed E-state index contributed by atoms with van der Waals surface area (Å²) in [6.45, 7) is 4.89. The summed E-state index contributed by atoms with van der Waals surface area (Å²) < 4.78 is 10.9. The Kier molecular flexibility index (Phi) is 6.22. The van der Waals surface area contributed by atoms with Crippen LogP contribution in [0, 0.1) is 0 Å². The lowest BCUT2D eigenvalue weighted by Gasteiger charge is -2.11. The number of aliphatic hydroxyl groups is 1. The molecule has 100 valence electrons. The average Bonchev–Trinajstić information content (AvgIpc) is 2.38. The normalized spacial score (nSPS) is 10.2. The Bertz CT molecular complexity index is 387. The molecule has 1 N–H and O–H groups in total. The molecule has 0 heterocycles. The lowest BCUT2D eigenvalue weighted by atomic mass is 10.1. The molecule has 0 aliphatic carbocycles. The Morgan fingerprint density at radius 2 is 1.83 bits per heavy atom. The molecule has 1 rings (SSSR count). The summed E-state index contributed by atoms with van der Waals surface area (Å²) in [6, 6.07) is 5.18. The fourth-order valence-corrected chi connectivity index (χ4v) is 1.61. The van der Waals surface area contributed by atoms with Gasteiger partial charge in [0.25, 0.3) is 0 Å². The number of ketones is 1. The van der Waals surface area contributed by atoms with E-state index >= 15 is 0 Å². The van der Waals surface area contributed by atoms with Crippen molar-refractivity contribution in [2.24, 2.45) is 0 Å². The Balaban J connectivity index is 2.87. The molecule has 0 aliphatic rings. The molecule has 1 aromatic carbocycles. The zero-order valence-corrected chi connectivity index (χ0v) is 10.9. The minimum absolute atomic E-state index is 0.00746. The first kappa shape index (κ1) is 14.5. The van der Waals surface area contributed by atoms with Crippen LogP contribution >= 0.6 is 0 Å². The molecule has 18 heavy (non-hydrogen) atoms. The van der Waals surface area contributed by atoms with Crippen molar-refractivity contribution in [1.29, 1.82) is 0 Å². The van der Waals surface area contributed by atoms with Crippen LogP contribution in [0.5, 0.6) is 11.5 Å². The molecule has 0 unspecified atom stereocenters. The van der Waals surface area contributed by atoms with Crippen molar-refractivity contribution in [3.63, 3.8) is 0 Å². The molecule has 0 atom stereocenters. The van der Waals surface area contributed by atoms with Gasteiger partial charge in [0.1, 0.15) is 0 Å². The molecule has 0 saturated carbocycles. The van der Waals surface area contributed by atoms with Crippen LogP contribution < -0.4 is 9.47 Å². The van der Waals surface area contributed by atoms with Gasteiger partial charge in [0.05, 0.1) is 13.2 Å². The second-order valence-corrected chi connectivity index (χ2v) is 3.78. The fourth-order valence-electron chi connectivity index (χ4n) is 1.61. The highest BCUT2D eigenvalue weighted by Gasteiger charge is 2.11. The number of rotatable bonds is 8. The predicted octanol–water partition coefficient (Wildman–Crippen LogP) is 2.44. The first-order valence-electron chi connectivity index (χ1n) is 6.26. The zero-order valence-electron chi connectivity index (χ0n) is 10.9. The molecule has 0 fully saturated rings. The summed E-state index contributed by atoms with van der Waals surface area (Å²) in [5.41, 5.74) is 0.593. The Hall–Kier alpha value is -1.55. The average molecular weight is 252 g/mol. The molecule has 0 radical (unpaired) electrons. The highest BCUT2D eigenvalue weighted by Crippen LogP contribution is 2.29. The summed E-state index contributed by atoms with van der Waals surface area (Å²) in [4.78, 5) is 11.8. The highest BCUT2D eigenvalue weighted by molar-refractivity contribution is 5.96. The third-order valence-electron chi connectivity index (χ3n) is 2.43. The SMILES string of the molecule is CCOc1ccc(C(=O)CCCO)cc1OCC. The van der Waals surface area contributed by atoms with Gasteiger partial charge in [-0.15, -0.1) is 0 Å². The first-order valence-corrected chi connectivity index (χ1v) is 6.26. The van der Waals surface area contributed by atoms with E-state index in [1.807, 2.05) is 13.8 Å². The van der Waals surface area contributed by atoms with E-state index in [9.17, 15) is 4.79 Å². The number of carbonyl (C=O) groups is 1. The van der Waals surface area contributed by atoms with Gasteiger partial charge in [-0.05, 0) is 38.5 Å². The van der Waals surface area contributed by atoms with Crippen LogP contribution in [-0.4, -0.2) is 30.7 Å². The summed E-state index contributed by atoms with van der Waals surface area (Å²) in [6.07, 6.45) is 0.825. The van der Waals surface area contributed by atoms with Gasteiger partial charge in [0, 0.05) is 18.6 Å². The van der Waals surface area contributed by atoms with E-state index < -0.39 is 0 Å². The molecule has 4 heteroatoms. The molecular weight excluding hydrogens is 232 g/mol. The van der Waals surface area contributed by atoms with Gasteiger partial charge in [-0.3, -0.25) is 4.79 Å². The van der Waals surface area contributed by atoms with Crippen LogP contribution in [0.4, 0.5) is 0 Å². The van der Waals surface area contributed by atoms with E-state index in [4.69, 9.17) is 14.6 Å². The van der Waals surface area contributed by atoms with Crippen LogP contribution in [0.1, 0.15) is 37.0 Å². The molecule has 1 aromatic rings. The van der Waals surface area contributed by atoms with E-state index in [0.29, 0.717) is 43.1 Å². The van der Waals surface area contributed by atoms with Crippen molar-refractivity contribution in [1.82, 2.24) is 0 Å². The number of Topliss-reactive ketones (excluding diaryl/α,β-unsaturated/α-hetero) is 1. The third-order valence-corrected chi connectivity index (χ3v) is 2.43. The van der Waals surface area contributed by atoms with Crippen LogP contribution in [0.3, 0.4) is 0 Å². The number of ether oxygens (including phenoxy) is 2. The summed E-state index contributed by atoms with van der Waals surface area (Å²) in [7, 11) is 0. The Labute approximate surface area is 108 Å². The topological polar surface area (TPSA) is 55.8 Å². The van der Waals surface area contributed by atoms with E-state index in [1.165, 1.54) is 0 Å². The van der Waals surface area contributed by atoms with Crippen molar-refractivity contribution in [2.45, 2.75) is 26.7 Å². The number of aliphatic hydroxyl groups excluding tert-OH is 1. The van der Waals surface area contributed by atoms with Gasteiger partial charge in [0.2, 0.25) is 0 Å². The first-order chi connectivity index (χ1) is 8.72. The second kappa shape index (κ2) is 7.71. The van der Waals surface area contributed by atoms with Crippen molar-refractivity contribution in [3.8, 4) is 11.5 Å². The van der Waals surface area contributed by atoms with Crippen LogP contribution in [0.15, 0.2) is 18.2 Å². The Morgan fingerprint density at radius 3 is 2.44 bits per heavy atom. The molecule has 0 amide bonds. The van der Waals surface area contributed by atoms with Gasteiger partial charge >= 0.3 is 0 Å². The van der Waals surface area contributed by atoms with Crippen molar-refractivity contribution >= 4 is 5.78 Å². The summed E-state index contributed by atoms with van der Waals surface area (Å²) >= 11 is 0. The standard InChI is InChI=1S/C14H20O4/c1-3-17-13-8-7-11(10-14(13)18-4-2)12(16)6-5-9-15/h7-8,10,15H,3-6,9H2,1-2H3. The van der Waals surface area contributed by atoms with Gasteiger partial charge in [0.15, 0.2) is 17.3 Å². The smallest absolute Gasteiger partial charge is 0.163 e. The summed E-state index contributed by atoms with van der Waals surface area (Å²) in [5, 5.41) is 8.72. The van der Waals surface area contributed by atoms with Crippen molar-refractivity contribution in [3.05, 3.63) is 23.8 Å². The third kappa shape index (κ3) is 4.04. The largest absolute Gasteiger partial charge is 0.490 e. The van der Waals surface area contributed by atoms with Crippen LogP contribution in [0.25, 0.3) is 0 Å². The highest BCUT2D eigenvalue weighted by atomic mass is 16.5.